The number of urea groups is 1. The van der Waals surface area contributed by atoms with Crippen LogP contribution in [0.3, 0.4) is 0 Å². The van der Waals surface area contributed by atoms with Crippen molar-refractivity contribution in [3.05, 3.63) is 35.2 Å². The van der Waals surface area contributed by atoms with Crippen LogP contribution in [0.1, 0.15) is 26.3 Å². The van der Waals surface area contributed by atoms with Crippen LogP contribution in [0.5, 0.6) is 0 Å². The highest BCUT2D eigenvalue weighted by Crippen LogP contribution is 2.25. The number of nitrogens with zero attached hydrogens (tertiary/aromatic N) is 2. The van der Waals surface area contributed by atoms with Crippen LogP contribution in [-0.2, 0) is 6.42 Å². The zero-order chi connectivity index (χ0) is 18.7. The van der Waals surface area contributed by atoms with Gasteiger partial charge in [-0.05, 0) is 49.6 Å². The molecule has 2 aromatic rings. The Morgan fingerprint density at radius 3 is 2.85 bits per heavy atom. The van der Waals surface area contributed by atoms with Crippen molar-refractivity contribution >= 4 is 27.5 Å². The second-order valence-electron chi connectivity index (χ2n) is 7.82. The molecule has 5 nitrogen and oxygen atoms in total. The van der Waals surface area contributed by atoms with E-state index in [0.29, 0.717) is 26.2 Å². The van der Waals surface area contributed by atoms with Crippen LogP contribution in [0.4, 0.5) is 4.79 Å². The van der Waals surface area contributed by atoms with Crippen molar-refractivity contribution in [3.8, 4) is 0 Å². The Morgan fingerprint density at radius 1 is 1.35 bits per heavy atom. The normalized spacial score (nSPS) is 19.1. The molecular weight excluding hydrogens is 346 g/mol. The van der Waals surface area contributed by atoms with E-state index in [2.05, 4.69) is 46.8 Å². The van der Waals surface area contributed by atoms with Gasteiger partial charge in [0.2, 0.25) is 0 Å². The SMILES string of the molecule is CC1CN(C(=O)NCCc2csc3ccccc23)CCN1CC(C)(C)O. The molecule has 26 heavy (non-hydrogen) atoms. The summed E-state index contributed by atoms with van der Waals surface area (Å²) in [5, 5.41) is 16.6. The number of hydrogen-bond donors (Lipinski definition) is 2. The van der Waals surface area contributed by atoms with Crippen molar-refractivity contribution < 1.29 is 9.90 Å². The topological polar surface area (TPSA) is 55.8 Å². The van der Waals surface area contributed by atoms with Gasteiger partial charge in [-0.2, -0.15) is 0 Å². The van der Waals surface area contributed by atoms with E-state index >= 15 is 0 Å². The molecule has 0 radical (unpaired) electrons. The summed E-state index contributed by atoms with van der Waals surface area (Å²) in [6.07, 6.45) is 0.851. The Kier molecular flexibility index (Phi) is 5.85. The molecule has 0 saturated carbocycles. The van der Waals surface area contributed by atoms with E-state index in [1.165, 1.54) is 15.6 Å². The first kappa shape index (κ1) is 19.1. The Hall–Kier alpha value is -1.63. The maximum atomic E-state index is 12.5. The predicted octanol–water partition coefficient (Wildman–Crippen LogP) is 2.93. The molecule has 142 valence electrons. The van der Waals surface area contributed by atoms with Crippen LogP contribution in [0.25, 0.3) is 10.1 Å². The quantitative estimate of drug-likeness (QED) is 0.845. The fourth-order valence-corrected chi connectivity index (χ4v) is 4.55. The van der Waals surface area contributed by atoms with E-state index in [9.17, 15) is 9.90 Å². The zero-order valence-corrected chi connectivity index (χ0v) is 16.7. The number of fused-ring (bicyclic) bond motifs is 1. The smallest absolute Gasteiger partial charge is 0.317 e. The van der Waals surface area contributed by atoms with Gasteiger partial charge >= 0.3 is 6.03 Å². The summed E-state index contributed by atoms with van der Waals surface area (Å²) in [5.41, 5.74) is 0.594. The molecular formula is C20H29N3O2S. The minimum Gasteiger partial charge on any atom is -0.389 e. The molecule has 6 heteroatoms. The highest BCUT2D eigenvalue weighted by atomic mass is 32.1. The molecule has 0 aliphatic carbocycles. The van der Waals surface area contributed by atoms with Crippen LogP contribution in [0.15, 0.2) is 29.6 Å². The molecule has 1 atom stereocenters. The Labute approximate surface area is 159 Å². The molecule has 1 unspecified atom stereocenters. The minimum atomic E-state index is -0.706. The van der Waals surface area contributed by atoms with Crippen molar-refractivity contribution in [2.24, 2.45) is 0 Å². The number of benzene rings is 1. The van der Waals surface area contributed by atoms with E-state index in [-0.39, 0.29) is 12.1 Å². The van der Waals surface area contributed by atoms with Crippen molar-refractivity contribution in [3.63, 3.8) is 0 Å². The number of piperazine rings is 1. The van der Waals surface area contributed by atoms with Gasteiger partial charge in [0.15, 0.2) is 0 Å². The van der Waals surface area contributed by atoms with Gasteiger partial charge in [0.05, 0.1) is 5.60 Å². The number of carbonyl (C=O) groups is 1. The largest absolute Gasteiger partial charge is 0.389 e. The van der Waals surface area contributed by atoms with Crippen LogP contribution < -0.4 is 5.32 Å². The van der Waals surface area contributed by atoms with E-state index in [1.54, 1.807) is 11.3 Å². The van der Waals surface area contributed by atoms with Crippen LogP contribution >= 0.6 is 11.3 Å². The lowest BCUT2D eigenvalue weighted by Crippen LogP contribution is -2.58. The molecule has 1 aliphatic rings. The number of carbonyl (C=O) groups excluding carboxylic acids is 1. The third-order valence-corrected chi connectivity index (χ3v) is 5.89. The van der Waals surface area contributed by atoms with Crippen LogP contribution in [0.2, 0.25) is 0 Å². The van der Waals surface area contributed by atoms with Gasteiger partial charge in [0, 0.05) is 43.5 Å². The van der Waals surface area contributed by atoms with Gasteiger partial charge in [-0.1, -0.05) is 18.2 Å². The lowest BCUT2D eigenvalue weighted by molar-refractivity contribution is 0.00295. The van der Waals surface area contributed by atoms with Crippen LogP contribution in [-0.4, -0.2) is 65.3 Å². The standard InChI is InChI=1S/C20H29N3O2S/c1-15-12-22(10-11-23(15)14-20(2,3)25)19(24)21-9-8-16-13-26-18-7-5-4-6-17(16)18/h4-7,13,15,25H,8-12,14H2,1-3H3,(H,21,24). The van der Waals surface area contributed by atoms with Crippen molar-refractivity contribution in [2.45, 2.75) is 38.8 Å². The number of amides is 2. The molecule has 0 spiro atoms. The predicted molar refractivity (Wildman–Crippen MR) is 108 cm³/mol. The average Bonchev–Trinajstić information content (AvgIpc) is 2.99. The number of hydrogen-bond acceptors (Lipinski definition) is 4. The third-order valence-electron chi connectivity index (χ3n) is 4.87. The fourth-order valence-electron chi connectivity index (χ4n) is 3.55. The molecule has 1 aromatic carbocycles. The first-order chi connectivity index (χ1) is 12.3. The van der Waals surface area contributed by atoms with E-state index in [4.69, 9.17) is 0 Å². The monoisotopic (exact) mass is 375 g/mol. The fraction of sp³-hybridized carbons (Fsp3) is 0.550. The Bertz CT molecular complexity index is 753. The van der Waals surface area contributed by atoms with E-state index < -0.39 is 5.60 Å². The Morgan fingerprint density at radius 2 is 2.12 bits per heavy atom. The number of β-amino-alcohol motifs (C(OH)–C–C–N with tert-alkyl or cyclic N) is 1. The lowest BCUT2D eigenvalue weighted by atomic mass is 10.1. The van der Waals surface area contributed by atoms with Crippen molar-refractivity contribution in [2.75, 3.05) is 32.7 Å². The number of thiophene rings is 1. The van der Waals surface area contributed by atoms with Gasteiger partial charge in [0.25, 0.3) is 0 Å². The van der Waals surface area contributed by atoms with Crippen molar-refractivity contribution in [1.29, 1.82) is 0 Å². The summed E-state index contributed by atoms with van der Waals surface area (Å²) < 4.78 is 1.30. The molecule has 2 N–H and O–H groups in total. The highest BCUT2D eigenvalue weighted by Gasteiger charge is 2.29. The molecule has 2 heterocycles. The minimum absolute atomic E-state index is 0.0132. The van der Waals surface area contributed by atoms with Crippen LogP contribution in [0, 0.1) is 0 Å². The molecule has 0 bridgehead atoms. The number of rotatable bonds is 5. The number of nitrogens with one attached hydrogen (secondary N) is 1. The average molecular weight is 376 g/mol. The highest BCUT2D eigenvalue weighted by molar-refractivity contribution is 7.17. The van der Waals surface area contributed by atoms with E-state index in [0.717, 1.165) is 13.0 Å². The molecule has 1 saturated heterocycles. The first-order valence-corrected chi connectivity index (χ1v) is 10.2. The third kappa shape index (κ3) is 4.75. The summed E-state index contributed by atoms with van der Waals surface area (Å²) in [4.78, 5) is 16.6. The summed E-state index contributed by atoms with van der Waals surface area (Å²) in [6, 6.07) is 8.67. The van der Waals surface area contributed by atoms with Gasteiger partial charge in [-0.3, -0.25) is 4.90 Å². The zero-order valence-electron chi connectivity index (χ0n) is 15.9. The van der Waals surface area contributed by atoms with E-state index in [1.807, 2.05) is 18.7 Å². The summed E-state index contributed by atoms with van der Waals surface area (Å²) in [7, 11) is 0. The van der Waals surface area contributed by atoms with Crippen molar-refractivity contribution in [1.82, 2.24) is 15.1 Å². The number of aliphatic hydroxyl groups is 1. The second kappa shape index (κ2) is 7.94. The Balaban J connectivity index is 1.47. The summed E-state index contributed by atoms with van der Waals surface area (Å²) in [5.74, 6) is 0. The van der Waals surface area contributed by atoms with Gasteiger partial charge in [-0.25, -0.2) is 4.79 Å². The van der Waals surface area contributed by atoms with Gasteiger partial charge in [0.1, 0.15) is 0 Å². The van der Waals surface area contributed by atoms with Gasteiger partial charge in [-0.15, -0.1) is 11.3 Å². The molecule has 3 rings (SSSR count). The molecule has 2 amide bonds. The maximum Gasteiger partial charge on any atom is 0.317 e. The van der Waals surface area contributed by atoms with Gasteiger partial charge < -0.3 is 15.3 Å². The molecule has 1 aliphatic heterocycles. The summed E-state index contributed by atoms with van der Waals surface area (Å²) in [6.45, 7) is 9.25. The first-order valence-electron chi connectivity index (χ1n) is 9.28. The molecule has 1 aromatic heterocycles. The maximum absolute atomic E-state index is 12.5. The lowest BCUT2D eigenvalue weighted by Gasteiger charge is -2.41. The molecule has 1 fully saturated rings. The summed E-state index contributed by atoms with van der Waals surface area (Å²) >= 11 is 1.76. The second-order valence-corrected chi connectivity index (χ2v) is 8.73.